The van der Waals surface area contributed by atoms with Crippen LogP contribution in [0.25, 0.3) is 0 Å². The lowest BCUT2D eigenvalue weighted by Crippen LogP contribution is -2.30. The maximum Gasteiger partial charge on any atom is 0.343 e. The number of hydrogen-bond acceptors (Lipinski definition) is 5. The molecule has 1 heterocycles. The first-order valence-corrected chi connectivity index (χ1v) is 10.3. The molecule has 0 radical (unpaired) electrons. The zero-order valence-electron chi connectivity index (χ0n) is 17.3. The number of esters is 1. The van der Waals surface area contributed by atoms with Crippen LogP contribution in [0.1, 0.15) is 38.9 Å². The van der Waals surface area contributed by atoms with Crippen molar-refractivity contribution < 1.29 is 19.1 Å². The number of nitrogens with one attached hydrogen (secondary N) is 1. The van der Waals surface area contributed by atoms with E-state index in [0.717, 1.165) is 5.56 Å². The number of carbonyl (C=O) groups is 3. The predicted molar refractivity (Wildman–Crippen MR) is 121 cm³/mol. The third kappa shape index (κ3) is 5.27. The molecule has 10 heteroatoms. The number of nitrogens with zero attached hydrogens (tertiary/aromatic N) is 2. The van der Waals surface area contributed by atoms with Gasteiger partial charge in [0.1, 0.15) is 10.7 Å². The number of aryl methyl sites for hydroxylation is 1. The van der Waals surface area contributed by atoms with Gasteiger partial charge in [0.05, 0.1) is 12.2 Å². The largest absolute Gasteiger partial charge is 0.449 e. The average molecular weight is 475 g/mol. The lowest BCUT2D eigenvalue weighted by atomic mass is 10.2. The van der Waals surface area contributed by atoms with E-state index in [2.05, 4.69) is 10.4 Å². The normalized spacial score (nSPS) is 11.6. The molecule has 2 amide bonds. The number of anilines is 1. The number of benzene rings is 2. The second-order valence-electron chi connectivity index (χ2n) is 6.98. The lowest BCUT2D eigenvalue weighted by Gasteiger charge is -2.13. The molecule has 166 valence electrons. The Bertz CT molecular complexity index is 1180. The van der Waals surface area contributed by atoms with Crippen LogP contribution in [0.3, 0.4) is 0 Å². The van der Waals surface area contributed by atoms with Crippen LogP contribution in [0, 0.1) is 6.92 Å². The number of ether oxygens (including phenoxy) is 1. The van der Waals surface area contributed by atoms with Crippen molar-refractivity contribution in [3.8, 4) is 0 Å². The molecule has 2 aromatic carbocycles. The topological polar surface area (TPSA) is 116 Å². The first-order valence-electron chi connectivity index (χ1n) is 9.55. The Hall–Kier alpha value is -3.36. The van der Waals surface area contributed by atoms with Gasteiger partial charge in [-0.15, -0.1) is 0 Å². The molecule has 0 spiro atoms. The van der Waals surface area contributed by atoms with E-state index in [9.17, 15) is 14.4 Å². The zero-order chi connectivity index (χ0) is 23.4. The summed E-state index contributed by atoms with van der Waals surface area (Å²) in [5.41, 5.74) is 7.14. The second kappa shape index (κ2) is 9.84. The minimum Gasteiger partial charge on any atom is -0.449 e. The summed E-state index contributed by atoms with van der Waals surface area (Å²) in [4.78, 5) is 36.2. The molecule has 1 aromatic heterocycles. The van der Waals surface area contributed by atoms with Crippen molar-refractivity contribution in [3.05, 3.63) is 81.1 Å². The van der Waals surface area contributed by atoms with Gasteiger partial charge >= 0.3 is 5.97 Å². The fourth-order valence-electron chi connectivity index (χ4n) is 2.91. The first kappa shape index (κ1) is 23.3. The van der Waals surface area contributed by atoms with Crippen molar-refractivity contribution in [3.63, 3.8) is 0 Å². The molecule has 0 aliphatic rings. The Labute approximate surface area is 194 Å². The lowest BCUT2D eigenvalue weighted by molar-refractivity contribution is -0.123. The van der Waals surface area contributed by atoms with E-state index in [1.54, 1.807) is 13.0 Å². The van der Waals surface area contributed by atoms with E-state index in [1.165, 1.54) is 35.9 Å². The first-order chi connectivity index (χ1) is 15.2. The van der Waals surface area contributed by atoms with Crippen molar-refractivity contribution in [1.82, 2.24) is 9.78 Å². The number of hydrogen-bond donors (Lipinski definition) is 2. The number of aromatic nitrogens is 2. The molecule has 0 saturated heterocycles. The summed E-state index contributed by atoms with van der Waals surface area (Å²) in [6, 6.07) is 13.2. The number of amides is 2. The number of nitrogens with two attached hydrogens (primary N) is 1. The molecular weight excluding hydrogens is 455 g/mol. The van der Waals surface area contributed by atoms with E-state index in [-0.39, 0.29) is 17.3 Å². The number of carbonyl (C=O) groups excluding carboxylic acids is 3. The van der Waals surface area contributed by atoms with Crippen LogP contribution in [-0.2, 0) is 16.1 Å². The van der Waals surface area contributed by atoms with Gasteiger partial charge in [0.25, 0.3) is 5.91 Å². The predicted octanol–water partition coefficient (Wildman–Crippen LogP) is 3.83. The smallest absolute Gasteiger partial charge is 0.343 e. The van der Waals surface area contributed by atoms with Crippen LogP contribution in [0.5, 0.6) is 0 Å². The van der Waals surface area contributed by atoms with Crippen molar-refractivity contribution in [2.75, 3.05) is 5.32 Å². The van der Waals surface area contributed by atoms with Gasteiger partial charge in [-0.3, -0.25) is 9.59 Å². The fraction of sp³-hybridized carbons (Fsp3) is 0.182. The molecule has 3 aromatic rings. The number of halogens is 2. The molecule has 0 fully saturated rings. The molecular formula is C22H20Cl2N4O4. The monoisotopic (exact) mass is 474 g/mol. The van der Waals surface area contributed by atoms with E-state index in [1.807, 2.05) is 18.2 Å². The van der Waals surface area contributed by atoms with Crippen molar-refractivity contribution >= 4 is 46.7 Å². The molecule has 0 bridgehead atoms. The standard InChI is InChI=1S/C22H20Cl2N4O4/c1-12-18(19(24)28(27-12)11-15-5-3-4-6-17(15)23)22(31)32-13(2)21(30)26-16-9-7-14(8-10-16)20(25)29/h3-10,13H,11H2,1-2H3,(H2,25,29)(H,26,30). The van der Waals surface area contributed by atoms with Gasteiger partial charge in [-0.2, -0.15) is 5.10 Å². The van der Waals surface area contributed by atoms with E-state index in [0.29, 0.717) is 22.0 Å². The molecule has 0 aliphatic carbocycles. The maximum atomic E-state index is 12.7. The number of rotatable bonds is 7. The van der Waals surface area contributed by atoms with Crippen molar-refractivity contribution in [2.24, 2.45) is 5.73 Å². The van der Waals surface area contributed by atoms with Gasteiger partial charge in [0.2, 0.25) is 5.91 Å². The fourth-order valence-corrected chi connectivity index (χ4v) is 3.42. The molecule has 8 nitrogen and oxygen atoms in total. The highest BCUT2D eigenvalue weighted by molar-refractivity contribution is 6.33. The molecule has 3 N–H and O–H groups in total. The average Bonchev–Trinajstić information content (AvgIpc) is 3.03. The van der Waals surface area contributed by atoms with Crippen LogP contribution in [0.2, 0.25) is 10.2 Å². The molecule has 1 unspecified atom stereocenters. The second-order valence-corrected chi connectivity index (χ2v) is 7.74. The molecule has 0 aliphatic heterocycles. The van der Waals surface area contributed by atoms with Gasteiger partial charge in [0.15, 0.2) is 6.10 Å². The Morgan fingerprint density at radius 2 is 1.78 bits per heavy atom. The van der Waals surface area contributed by atoms with Crippen LogP contribution in [-0.4, -0.2) is 33.7 Å². The third-order valence-electron chi connectivity index (χ3n) is 4.64. The van der Waals surface area contributed by atoms with Gasteiger partial charge in [-0.1, -0.05) is 41.4 Å². The minimum absolute atomic E-state index is 0.0733. The summed E-state index contributed by atoms with van der Waals surface area (Å²) >= 11 is 12.6. The quantitative estimate of drug-likeness (QED) is 0.504. The minimum atomic E-state index is -1.11. The summed E-state index contributed by atoms with van der Waals surface area (Å²) in [6.07, 6.45) is -1.11. The highest BCUT2D eigenvalue weighted by atomic mass is 35.5. The summed E-state index contributed by atoms with van der Waals surface area (Å²) in [5, 5.41) is 7.53. The molecule has 0 saturated carbocycles. The zero-order valence-corrected chi connectivity index (χ0v) is 18.8. The SMILES string of the molecule is Cc1nn(Cc2ccccc2Cl)c(Cl)c1C(=O)OC(C)C(=O)Nc1ccc(C(N)=O)cc1. The van der Waals surface area contributed by atoms with Crippen LogP contribution < -0.4 is 11.1 Å². The maximum absolute atomic E-state index is 12.7. The van der Waals surface area contributed by atoms with Crippen LogP contribution >= 0.6 is 23.2 Å². The molecule has 3 rings (SSSR count). The Kier molecular flexibility index (Phi) is 7.17. The summed E-state index contributed by atoms with van der Waals surface area (Å²) in [7, 11) is 0. The Morgan fingerprint density at radius 3 is 2.41 bits per heavy atom. The number of primary amides is 1. The van der Waals surface area contributed by atoms with Gasteiger partial charge in [-0.05, 0) is 49.7 Å². The van der Waals surface area contributed by atoms with E-state index in [4.69, 9.17) is 33.7 Å². The van der Waals surface area contributed by atoms with Crippen LogP contribution in [0.15, 0.2) is 48.5 Å². The highest BCUT2D eigenvalue weighted by Crippen LogP contribution is 2.24. The molecule has 32 heavy (non-hydrogen) atoms. The van der Waals surface area contributed by atoms with Crippen molar-refractivity contribution in [1.29, 1.82) is 0 Å². The van der Waals surface area contributed by atoms with Crippen LogP contribution in [0.4, 0.5) is 5.69 Å². The Morgan fingerprint density at radius 1 is 1.12 bits per heavy atom. The highest BCUT2D eigenvalue weighted by Gasteiger charge is 2.26. The van der Waals surface area contributed by atoms with E-state index < -0.39 is 23.9 Å². The summed E-state index contributed by atoms with van der Waals surface area (Å²) in [5.74, 6) is -1.90. The summed E-state index contributed by atoms with van der Waals surface area (Å²) < 4.78 is 6.74. The van der Waals surface area contributed by atoms with Gasteiger partial charge in [0, 0.05) is 16.3 Å². The summed E-state index contributed by atoms with van der Waals surface area (Å²) in [6.45, 7) is 3.32. The van der Waals surface area contributed by atoms with Gasteiger partial charge in [-0.25, -0.2) is 9.48 Å². The molecule has 1 atom stereocenters. The third-order valence-corrected chi connectivity index (χ3v) is 5.39. The van der Waals surface area contributed by atoms with Gasteiger partial charge < -0.3 is 15.8 Å². The van der Waals surface area contributed by atoms with E-state index >= 15 is 0 Å². The Balaban J connectivity index is 1.68. The van der Waals surface area contributed by atoms with Crippen molar-refractivity contribution in [2.45, 2.75) is 26.5 Å².